The minimum absolute atomic E-state index is 0.0134. The Balaban J connectivity index is 0.991. The average Bonchev–Trinajstić information content (AvgIpc) is 3.65. The minimum Gasteiger partial charge on any atom is -0.489 e. The summed E-state index contributed by atoms with van der Waals surface area (Å²) < 4.78 is 12.0. The van der Waals surface area contributed by atoms with E-state index in [0.29, 0.717) is 40.5 Å². The number of β-amino-alcohol motifs (C(OH)–C–C–N with tert-alkyl or cyclic N) is 1. The van der Waals surface area contributed by atoms with E-state index in [-0.39, 0.29) is 60.7 Å². The van der Waals surface area contributed by atoms with Crippen LogP contribution in [0.4, 0.5) is 0 Å². The molecule has 0 spiro atoms. The van der Waals surface area contributed by atoms with Crippen molar-refractivity contribution in [3.63, 3.8) is 0 Å². The second-order valence-corrected chi connectivity index (χ2v) is 19.5. The largest absolute Gasteiger partial charge is 0.489 e. The van der Waals surface area contributed by atoms with Crippen molar-refractivity contribution in [3.8, 4) is 17.9 Å². The van der Waals surface area contributed by atoms with Crippen molar-refractivity contribution in [1.82, 2.24) is 20.5 Å². The van der Waals surface area contributed by atoms with E-state index in [1.54, 1.807) is 54.7 Å². The Hall–Kier alpha value is -5.34. The maximum atomic E-state index is 13.9. The van der Waals surface area contributed by atoms with Gasteiger partial charge in [0.1, 0.15) is 30.6 Å². The lowest BCUT2D eigenvalue weighted by Crippen LogP contribution is -2.74. The van der Waals surface area contributed by atoms with Crippen molar-refractivity contribution in [3.05, 3.63) is 93.8 Å². The summed E-state index contributed by atoms with van der Waals surface area (Å²) in [7, 11) is 0. The fraction of sp³-hybridized carbons (Fsp3) is 0.531. The molecule has 3 N–H and O–H groups in total. The Morgan fingerprint density at radius 2 is 1.65 bits per heavy atom. The van der Waals surface area contributed by atoms with E-state index in [9.17, 15) is 29.5 Å². The van der Waals surface area contributed by atoms with Gasteiger partial charge in [-0.2, -0.15) is 10.5 Å². The van der Waals surface area contributed by atoms with Gasteiger partial charge in [-0.25, -0.2) is 0 Å². The third-order valence-corrected chi connectivity index (χ3v) is 12.6. The van der Waals surface area contributed by atoms with E-state index >= 15 is 0 Å². The lowest BCUT2D eigenvalue weighted by atomic mass is 9.49. The number of likely N-dealkylation sites (tertiary alicyclic amines) is 1. The van der Waals surface area contributed by atoms with Gasteiger partial charge in [0.25, 0.3) is 5.91 Å². The number of aliphatic hydroxyl groups excluding tert-OH is 1. The Bertz CT molecular complexity index is 2170. The number of nitrogens with one attached hydrogen (secondary N) is 2. The zero-order valence-corrected chi connectivity index (χ0v) is 38.3. The van der Waals surface area contributed by atoms with Gasteiger partial charge < -0.3 is 30.1 Å². The van der Waals surface area contributed by atoms with Crippen LogP contribution in [0.5, 0.6) is 5.75 Å². The monoisotopic (exact) mass is 880 g/mol. The third-order valence-electron chi connectivity index (χ3n) is 12.3. The molecule has 5 rings (SSSR count). The molecule has 0 bridgehead atoms. The number of hydrogen-bond acceptors (Lipinski definition) is 10. The van der Waals surface area contributed by atoms with Gasteiger partial charge in [0.15, 0.2) is 5.78 Å². The first kappa shape index (κ1) is 48.7. The highest BCUT2D eigenvalue weighted by Crippen LogP contribution is 2.55. The molecular formula is C49H61ClN6O7. The summed E-state index contributed by atoms with van der Waals surface area (Å²) in [6.07, 6.45) is 5.55. The summed E-state index contributed by atoms with van der Waals surface area (Å²) in [5.74, 6) is -0.626. The first-order chi connectivity index (χ1) is 29.8. The molecule has 1 saturated carbocycles. The number of ether oxygens (including phenoxy) is 2. The SMILES string of the molecule is CC1(C)C(NC(=O)c2ccc(CCCCCCOCC(=O)N[C@H](C(=O)N3C[C@H](O)C[C@H]3C(=O)CCc3ccc(C#N)cc3)C(C)(C)C)nc2)C(C)(C)C1Oc1ccc(C#N)c(Cl)c1. The van der Waals surface area contributed by atoms with E-state index in [0.717, 1.165) is 43.4 Å². The molecule has 1 aliphatic heterocycles. The first-order valence-corrected chi connectivity index (χ1v) is 22.1. The number of rotatable bonds is 19. The van der Waals surface area contributed by atoms with E-state index in [1.807, 2.05) is 26.8 Å². The molecule has 336 valence electrons. The van der Waals surface area contributed by atoms with Gasteiger partial charge in [0, 0.05) is 60.8 Å². The Morgan fingerprint density at radius 1 is 0.952 bits per heavy atom. The van der Waals surface area contributed by atoms with Crippen molar-refractivity contribution in [2.24, 2.45) is 16.2 Å². The number of pyridine rings is 1. The lowest BCUT2D eigenvalue weighted by molar-refractivity contribution is -0.164. The van der Waals surface area contributed by atoms with Gasteiger partial charge in [-0.3, -0.25) is 24.2 Å². The van der Waals surface area contributed by atoms with Crippen LogP contribution in [0.2, 0.25) is 5.02 Å². The van der Waals surface area contributed by atoms with Crippen molar-refractivity contribution in [2.75, 3.05) is 19.8 Å². The van der Waals surface area contributed by atoms with E-state index < -0.39 is 35.4 Å². The maximum absolute atomic E-state index is 13.9. The second kappa shape index (κ2) is 20.9. The van der Waals surface area contributed by atoms with Crippen molar-refractivity contribution in [1.29, 1.82) is 10.5 Å². The summed E-state index contributed by atoms with van der Waals surface area (Å²) in [4.78, 5) is 59.5. The van der Waals surface area contributed by atoms with Crippen LogP contribution in [-0.4, -0.2) is 88.6 Å². The molecule has 3 atom stereocenters. The predicted octanol–water partition coefficient (Wildman–Crippen LogP) is 6.90. The minimum atomic E-state index is -0.928. The summed E-state index contributed by atoms with van der Waals surface area (Å²) in [5.41, 5.74) is 1.75. The number of aliphatic hydroxyl groups is 1. The number of benzene rings is 2. The number of ketones is 1. The summed E-state index contributed by atoms with van der Waals surface area (Å²) in [6, 6.07) is 18.0. The van der Waals surface area contributed by atoms with Crippen LogP contribution in [0.1, 0.15) is 120 Å². The zero-order valence-electron chi connectivity index (χ0n) is 37.5. The second-order valence-electron chi connectivity index (χ2n) is 19.1. The molecule has 3 amide bonds. The highest BCUT2D eigenvalue weighted by Gasteiger charge is 2.64. The molecule has 3 aromatic rings. The summed E-state index contributed by atoms with van der Waals surface area (Å²) >= 11 is 6.23. The number of unbranched alkanes of at least 4 members (excludes halogenated alkanes) is 3. The molecule has 0 unspecified atom stereocenters. The molecule has 63 heavy (non-hydrogen) atoms. The van der Waals surface area contributed by atoms with Crippen LogP contribution >= 0.6 is 11.6 Å². The Morgan fingerprint density at radius 3 is 2.27 bits per heavy atom. The molecule has 1 aromatic heterocycles. The van der Waals surface area contributed by atoms with Gasteiger partial charge in [0.05, 0.1) is 39.9 Å². The van der Waals surface area contributed by atoms with Gasteiger partial charge in [-0.05, 0) is 73.1 Å². The van der Waals surface area contributed by atoms with Gasteiger partial charge in [-0.15, -0.1) is 0 Å². The van der Waals surface area contributed by atoms with Gasteiger partial charge >= 0.3 is 0 Å². The van der Waals surface area contributed by atoms with E-state index in [2.05, 4.69) is 55.5 Å². The van der Waals surface area contributed by atoms with Crippen molar-refractivity contribution >= 4 is 35.1 Å². The van der Waals surface area contributed by atoms with Crippen LogP contribution in [0, 0.1) is 38.9 Å². The number of Topliss-reactive ketones (excluding diaryl/α,β-unsaturated/α-hetero) is 1. The van der Waals surface area contributed by atoms with Crippen LogP contribution < -0.4 is 15.4 Å². The molecule has 14 heteroatoms. The molecule has 2 fully saturated rings. The van der Waals surface area contributed by atoms with Crippen LogP contribution in [-0.2, 0) is 32.0 Å². The van der Waals surface area contributed by atoms with Crippen molar-refractivity contribution in [2.45, 2.75) is 130 Å². The first-order valence-electron chi connectivity index (χ1n) is 21.8. The van der Waals surface area contributed by atoms with Crippen LogP contribution in [0.3, 0.4) is 0 Å². The summed E-state index contributed by atoms with van der Waals surface area (Å²) in [6.45, 7) is 13.9. The highest BCUT2D eigenvalue weighted by molar-refractivity contribution is 6.31. The highest BCUT2D eigenvalue weighted by atomic mass is 35.5. The average molecular weight is 882 g/mol. The topological polar surface area (TPSA) is 195 Å². The third kappa shape index (κ3) is 12.2. The lowest BCUT2D eigenvalue weighted by Gasteiger charge is -2.63. The fourth-order valence-electron chi connectivity index (χ4n) is 9.11. The molecule has 13 nitrogen and oxygen atoms in total. The molecular weight excluding hydrogens is 820 g/mol. The molecule has 1 aliphatic carbocycles. The molecule has 1 saturated heterocycles. The molecule has 0 radical (unpaired) electrons. The molecule has 2 aromatic carbocycles. The number of halogens is 1. The number of carbonyl (C=O) groups excluding carboxylic acids is 4. The standard InChI is InChI=1S/C49H61ClN6O7/c1-47(2,3)42(44(61)56-29-36(57)24-39(56)40(58)22-17-31-13-15-32(26-51)16-14-31)54-41(59)30-62-23-11-9-8-10-12-35-20-18-34(28-53-35)43(60)55-45-48(4,5)46(49(45,6)7)63-37-21-19-33(27-52)38(50)25-37/h13-16,18-21,25,28,36,39,42,45-46,57H,8-12,17,22-24,29-30H2,1-7H3,(H,54,59)(H,55,60)/t36-,39+,42-,45?,46?/m1/s1. The van der Waals surface area contributed by atoms with Gasteiger partial charge in [0.2, 0.25) is 11.8 Å². The van der Waals surface area contributed by atoms with E-state index in [4.69, 9.17) is 26.3 Å². The number of aryl methyl sites for hydroxylation is 2. The zero-order chi connectivity index (χ0) is 46.1. The number of nitriles is 2. The predicted molar refractivity (Wildman–Crippen MR) is 239 cm³/mol. The van der Waals surface area contributed by atoms with E-state index in [1.165, 1.54) is 4.90 Å². The Labute approximate surface area is 376 Å². The normalized spacial score (nSPS) is 20.4. The van der Waals surface area contributed by atoms with Crippen LogP contribution in [0.25, 0.3) is 0 Å². The van der Waals surface area contributed by atoms with Crippen molar-refractivity contribution < 1.29 is 33.8 Å². The van der Waals surface area contributed by atoms with Crippen LogP contribution in [0.15, 0.2) is 60.8 Å². The quantitative estimate of drug-likeness (QED) is 0.107. The number of hydrogen-bond donors (Lipinski definition) is 3. The molecule has 2 aliphatic rings. The fourth-order valence-corrected chi connectivity index (χ4v) is 9.32. The number of amides is 3. The van der Waals surface area contributed by atoms with Gasteiger partial charge in [-0.1, -0.05) is 85.0 Å². The number of aromatic nitrogens is 1. The number of carbonyl (C=O) groups is 4. The molecule has 2 heterocycles. The number of nitrogens with zero attached hydrogens (tertiary/aromatic N) is 4. The summed E-state index contributed by atoms with van der Waals surface area (Å²) in [5, 5.41) is 35.1. The smallest absolute Gasteiger partial charge is 0.253 e. The maximum Gasteiger partial charge on any atom is 0.253 e. The Kier molecular flexibility index (Phi) is 16.1.